The van der Waals surface area contributed by atoms with Gasteiger partial charge >= 0.3 is 0 Å². The van der Waals surface area contributed by atoms with Gasteiger partial charge in [-0.05, 0) is 91.3 Å². The number of hydrogen-bond acceptors (Lipinski definition) is 5. The van der Waals surface area contributed by atoms with Crippen molar-refractivity contribution in [2.45, 2.75) is 19.3 Å². The van der Waals surface area contributed by atoms with Gasteiger partial charge in [0.15, 0.2) is 0 Å². The molecule has 1 fully saturated rings. The molecule has 5 rings (SSSR count). The van der Waals surface area contributed by atoms with Gasteiger partial charge in [-0.1, -0.05) is 24.1 Å². The summed E-state index contributed by atoms with van der Waals surface area (Å²) in [5.74, 6) is 3.20. The molecule has 2 heterocycles. The molecule has 1 aliphatic heterocycles. The van der Waals surface area contributed by atoms with Gasteiger partial charge in [-0.3, -0.25) is 4.90 Å². The average molecular weight is 494 g/mol. The van der Waals surface area contributed by atoms with E-state index in [2.05, 4.69) is 17.0 Å². The van der Waals surface area contributed by atoms with E-state index in [1.165, 1.54) is 32.4 Å². The standard InChI is InChI=1S/C28H28ClNO3S/c1-31-23-10-12-24-20(19-23)5-11-25(28-26(29)13-18-34-28)27(24)33-22-8-6-21(7-9-22)32-17-16-30-14-3-2-4-15-30/h5-13,18-19H,2-4,14-17H2,1H3. The van der Waals surface area contributed by atoms with E-state index in [0.717, 1.165) is 55.8 Å². The van der Waals surface area contributed by atoms with Gasteiger partial charge in [0.2, 0.25) is 0 Å². The first-order chi connectivity index (χ1) is 16.7. The maximum Gasteiger partial charge on any atom is 0.143 e. The van der Waals surface area contributed by atoms with Crippen molar-refractivity contribution < 1.29 is 14.2 Å². The summed E-state index contributed by atoms with van der Waals surface area (Å²) in [5.41, 5.74) is 0.972. The summed E-state index contributed by atoms with van der Waals surface area (Å²) in [6.07, 6.45) is 3.95. The first kappa shape index (κ1) is 23.0. The van der Waals surface area contributed by atoms with Gasteiger partial charge in [0.05, 0.1) is 17.0 Å². The van der Waals surface area contributed by atoms with E-state index in [1.807, 2.05) is 53.9 Å². The maximum atomic E-state index is 6.49. The summed E-state index contributed by atoms with van der Waals surface area (Å²) >= 11 is 8.09. The van der Waals surface area contributed by atoms with Gasteiger partial charge in [0.25, 0.3) is 0 Å². The molecule has 0 spiro atoms. The Morgan fingerprint density at radius 3 is 2.38 bits per heavy atom. The number of halogens is 1. The lowest BCUT2D eigenvalue weighted by molar-refractivity contribution is 0.183. The van der Waals surface area contributed by atoms with Crippen LogP contribution < -0.4 is 14.2 Å². The third-order valence-corrected chi connectivity index (χ3v) is 7.58. The van der Waals surface area contributed by atoms with Crippen LogP contribution in [0.25, 0.3) is 21.2 Å². The number of benzene rings is 3. The zero-order chi connectivity index (χ0) is 23.3. The SMILES string of the molecule is COc1ccc2c(Oc3ccc(OCCN4CCCCC4)cc3)c(-c3sccc3Cl)ccc2c1. The van der Waals surface area contributed by atoms with E-state index >= 15 is 0 Å². The number of ether oxygens (including phenoxy) is 3. The molecule has 0 radical (unpaired) electrons. The van der Waals surface area contributed by atoms with Crippen LogP contribution in [0.5, 0.6) is 23.0 Å². The van der Waals surface area contributed by atoms with Crippen molar-refractivity contribution in [1.82, 2.24) is 4.90 Å². The highest BCUT2D eigenvalue weighted by Gasteiger charge is 2.16. The number of hydrogen-bond donors (Lipinski definition) is 0. The molecule has 0 amide bonds. The van der Waals surface area contributed by atoms with Crippen LogP contribution in [0, 0.1) is 0 Å². The molecular formula is C28H28ClNO3S. The number of thiophene rings is 1. The van der Waals surface area contributed by atoms with Crippen molar-refractivity contribution in [2.75, 3.05) is 33.4 Å². The fraction of sp³-hybridized carbons (Fsp3) is 0.286. The largest absolute Gasteiger partial charge is 0.497 e. The van der Waals surface area contributed by atoms with Crippen molar-refractivity contribution >= 4 is 33.7 Å². The second-order valence-corrected chi connectivity index (χ2v) is 9.77. The number of nitrogens with zero attached hydrogens (tertiary/aromatic N) is 1. The minimum atomic E-state index is 0.701. The molecule has 0 saturated carbocycles. The van der Waals surface area contributed by atoms with Crippen LogP contribution in [-0.2, 0) is 0 Å². The lowest BCUT2D eigenvalue weighted by atomic mass is 10.0. The minimum Gasteiger partial charge on any atom is -0.497 e. The third-order valence-electron chi connectivity index (χ3n) is 6.21. The van der Waals surface area contributed by atoms with E-state index in [9.17, 15) is 0 Å². The Bertz CT molecular complexity index is 1250. The monoisotopic (exact) mass is 493 g/mol. The molecule has 4 aromatic rings. The normalized spacial score (nSPS) is 14.3. The quantitative estimate of drug-likeness (QED) is 0.249. The van der Waals surface area contributed by atoms with E-state index in [1.54, 1.807) is 18.4 Å². The second kappa shape index (κ2) is 10.7. The molecule has 1 saturated heterocycles. The van der Waals surface area contributed by atoms with Gasteiger partial charge in [-0.15, -0.1) is 11.3 Å². The molecule has 34 heavy (non-hydrogen) atoms. The molecule has 1 aromatic heterocycles. The molecular weight excluding hydrogens is 466 g/mol. The Labute approximate surface area is 209 Å². The molecule has 1 aliphatic rings. The van der Waals surface area contributed by atoms with Crippen LogP contribution in [0.15, 0.2) is 66.0 Å². The van der Waals surface area contributed by atoms with Crippen molar-refractivity contribution in [3.8, 4) is 33.4 Å². The highest BCUT2D eigenvalue weighted by molar-refractivity contribution is 7.14. The number of likely N-dealkylation sites (tertiary alicyclic amines) is 1. The zero-order valence-corrected chi connectivity index (χ0v) is 20.8. The van der Waals surface area contributed by atoms with E-state index in [0.29, 0.717) is 6.61 Å². The van der Waals surface area contributed by atoms with Crippen LogP contribution in [0.3, 0.4) is 0 Å². The number of methoxy groups -OCH3 is 1. The molecule has 4 nitrogen and oxygen atoms in total. The Morgan fingerprint density at radius 1 is 0.882 bits per heavy atom. The summed E-state index contributed by atoms with van der Waals surface area (Å²) in [6, 6.07) is 19.9. The van der Waals surface area contributed by atoms with Gasteiger partial charge in [-0.2, -0.15) is 0 Å². The van der Waals surface area contributed by atoms with Gasteiger partial charge < -0.3 is 14.2 Å². The lowest BCUT2D eigenvalue weighted by Crippen LogP contribution is -2.33. The van der Waals surface area contributed by atoms with Gasteiger partial charge in [0, 0.05) is 17.5 Å². The van der Waals surface area contributed by atoms with Crippen LogP contribution in [0.4, 0.5) is 0 Å². The molecule has 6 heteroatoms. The summed E-state index contributed by atoms with van der Waals surface area (Å²) in [5, 5.41) is 4.77. The summed E-state index contributed by atoms with van der Waals surface area (Å²) < 4.78 is 17.9. The van der Waals surface area contributed by atoms with Crippen LogP contribution >= 0.6 is 22.9 Å². The Hall–Kier alpha value is -2.73. The second-order valence-electron chi connectivity index (χ2n) is 8.45. The van der Waals surface area contributed by atoms with E-state index in [4.69, 9.17) is 25.8 Å². The summed E-state index contributed by atoms with van der Waals surface area (Å²) in [7, 11) is 1.68. The minimum absolute atomic E-state index is 0.701. The smallest absolute Gasteiger partial charge is 0.143 e. The number of fused-ring (bicyclic) bond motifs is 1. The zero-order valence-electron chi connectivity index (χ0n) is 19.3. The van der Waals surface area contributed by atoms with Crippen molar-refractivity contribution in [1.29, 1.82) is 0 Å². The molecule has 3 aromatic carbocycles. The average Bonchev–Trinajstić information content (AvgIpc) is 3.31. The molecule has 0 aliphatic carbocycles. The van der Waals surface area contributed by atoms with Gasteiger partial charge in [0.1, 0.15) is 29.6 Å². The van der Waals surface area contributed by atoms with Crippen LogP contribution in [0.2, 0.25) is 5.02 Å². The Kier molecular flexibility index (Phi) is 7.24. The van der Waals surface area contributed by atoms with Crippen LogP contribution in [-0.4, -0.2) is 38.3 Å². The topological polar surface area (TPSA) is 30.9 Å². The van der Waals surface area contributed by atoms with Crippen molar-refractivity contribution in [2.24, 2.45) is 0 Å². The lowest BCUT2D eigenvalue weighted by Gasteiger charge is -2.26. The van der Waals surface area contributed by atoms with E-state index < -0.39 is 0 Å². The van der Waals surface area contributed by atoms with Crippen LogP contribution in [0.1, 0.15) is 19.3 Å². The highest BCUT2D eigenvalue weighted by Crippen LogP contribution is 2.44. The van der Waals surface area contributed by atoms with Crippen molar-refractivity contribution in [3.05, 3.63) is 71.1 Å². The molecule has 176 valence electrons. The predicted molar refractivity (Wildman–Crippen MR) is 141 cm³/mol. The molecule has 0 atom stereocenters. The predicted octanol–water partition coefficient (Wildman–Crippen LogP) is 7.89. The Morgan fingerprint density at radius 2 is 1.65 bits per heavy atom. The number of piperidine rings is 1. The third kappa shape index (κ3) is 5.17. The fourth-order valence-corrected chi connectivity index (χ4v) is 5.56. The molecule has 0 bridgehead atoms. The Balaban J connectivity index is 1.37. The summed E-state index contributed by atoms with van der Waals surface area (Å²) in [4.78, 5) is 3.47. The van der Waals surface area contributed by atoms with Gasteiger partial charge in [-0.25, -0.2) is 0 Å². The van der Waals surface area contributed by atoms with Crippen molar-refractivity contribution in [3.63, 3.8) is 0 Å². The number of rotatable bonds is 8. The fourth-order valence-electron chi connectivity index (χ4n) is 4.38. The first-order valence-electron chi connectivity index (χ1n) is 11.7. The molecule has 0 N–H and O–H groups in total. The van der Waals surface area contributed by atoms with E-state index in [-0.39, 0.29) is 0 Å². The summed E-state index contributed by atoms with van der Waals surface area (Å²) in [6.45, 7) is 4.04. The molecule has 0 unspecified atom stereocenters. The first-order valence-corrected chi connectivity index (χ1v) is 12.9. The highest BCUT2D eigenvalue weighted by atomic mass is 35.5. The maximum absolute atomic E-state index is 6.49.